The molecule has 0 radical (unpaired) electrons. The van der Waals surface area contributed by atoms with Crippen LogP contribution in [0.25, 0.3) is 0 Å². The van der Waals surface area contributed by atoms with Gasteiger partial charge in [-0.2, -0.15) is 0 Å². The zero-order valence-electron chi connectivity index (χ0n) is 12.5. The fourth-order valence-corrected chi connectivity index (χ4v) is 2.30. The lowest BCUT2D eigenvalue weighted by Gasteiger charge is -2.26. The van der Waals surface area contributed by atoms with E-state index in [0.29, 0.717) is 6.07 Å². The predicted octanol–water partition coefficient (Wildman–Crippen LogP) is 1.17. The summed E-state index contributed by atoms with van der Waals surface area (Å²) in [5, 5.41) is 2.77. The first kappa shape index (κ1) is 16.4. The van der Waals surface area contributed by atoms with E-state index in [-0.39, 0.29) is 37.0 Å². The van der Waals surface area contributed by atoms with Gasteiger partial charge in [-0.05, 0) is 26.0 Å². The van der Waals surface area contributed by atoms with E-state index in [1.807, 2.05) is 0 Å². The number of hydrogen-bond donors (Lipinski definition) is 2. The molecule has 5 nitrogen and oxygen atoms in total. The maximum absolute atomic E-state index is 13.8. The molecule has 2 amide bonds. The van der Waals surface area contributed by atoms with E-state index >= 15 is 0 Å². The minimum absolute atomic E-state index is 0.0106. The van der Waals surface area contributed by atoms with Crippen molar-refractivity contribution in [2.75, 3.05) is 18.0 Å². The van der Waals surface area contributed by atoms with Gasteiger partial charge in [0.15, 0.2) is 0 Å². The van der Waals surface area contributed by atoms with Gasteiger partial charge in [0.1, 0.15) is 11.6 Å². The number of carbonyl (C=O) groups excluding carboxylic acids is 2. The van der Waals surface area contributed by atoms with Crippen LogP contribution in [-0.4, -0.2) is 30.4 Å². The molecule has 1 unspecified atom stereocenters. The molecule has 1 atom stereocenters. The number of rotatable bonds is 4. The topological polar surface area (TPSA) is 75.4 Å². The molecule has 1 fully saturated rings. The fourth-order valence-electron chi connectivity index (χ4n) is 2.30. The monoisotopic (exact) mass is 311 g/mol. The van der Waals surface area contributed by atoms with E-state index in [1.54, 1.807) is 13.8 Å². The molecule has 7 heteroatoms. The number of anilines is 1. The summed E-state index contributed by atoms with van der Waals surface area (Å²) < 4.78 is 26.7. The summed E-state index contributed by atoms with van der Waals surface area (Å²) in [6.07, 6.45) is -0.0106. The van der Waals surface area contributed by atoms with Gasteiger partial charge in [-0.15, -0.1) is 0 Å². The maximum atomic E-state index is 13.8. The number of carbonyl (C=O) groups is 2. The van der Waals surface area contributed by atoms with Crippen molar-refractivity contribution in [3.05, 3.63) is 29.8 Å². The number of benzene rings is 1. The molecule has 1 aromatic carbocycles. The standard InChI is InChI=1S/C15H19F2N3O2/c1-15(2,8-18)19-14(22)9-5-13(21)20(7-9)12-4-3-10(16)6-11(12)17/h3-4,6,9H,5,7-8,18H2,1-2H3,(H,19,22). The van der Waals surface area contributed by atoms with Crippen molar-refractivity contribution in [2.45, 2.75) is 25.8 Å². The molecule has 120 valence electrons. The highest BCUT2D eigenvalue weighted by atomic mass is 19.1. The summed E-state index contributed by atoms with van der Waals surface area (Å²) in [5.74, 6) is -2.78. The molecule has 1 aliphatic heterocycles. The van der Waals surface area contributed by atoms with Crippen LogP contribution >= 0.6 is 0 Å². The van der Waals surface area contributed by atoms with Gasteiger partial charge >= 0.3 is 0 Å². The summed E-state index contributed by atoms with van der Waals surface area (Å²) in [5.41, 5.74) is 4.97. The molecule has 0 spiro atoms. The Morgan fingerprint density at radius 2 is 2.14 bits per heavy atom. The summed E-state index contributed by atoms with van der Waals surface area (Å²) in [6.45, 7) is 3.88. The van der Waals surface area contributed by atoms with Gasteiger partial charge in [-0.3, -0.25) is 9.59 Å². The molecule has 3 N–H and O–H groups in total. The molecule has 1 heterocycles. The molecule has 1 saturated heterocycles. The van der Waals surface area contributed by atoms with Crippen molar-refractivity contribution in [2.24, 2.45) is 11.7 Å². The van der Waals surface area contributed by atoms with E-state index in [1.165, 1.54) is 11.0 Å². The lowest BCUT2D eigenvalue weighted by Crippen LogP contribution is -2.51. The fraction of sp³-hybridized carbons (Fsp3) is 0.467. The zero-order chi connectivity index (χ0) is 16.5. The van der Waals surface area contributed by atoms with E-state index < -0.39 is 23.1 Å². The molecule has 0 saturated carbocycles. The largest absolute Gasteiger partial charge is 0.350 e. The third-order valence-corrected chi connectivity index (χ3v) is 3.67. The minimum atomic E-state index is -0.823. The lowest BCUT2D eigenvalue weighted by molar-refractivity contribution is -0.127. The first-order valence-electron chi connectivity index (χ1n) is 7.01. The third-order valence-electron chi connectivity index (χ3n) is 3.67. The van der Waals surface area contributed by atoms with Crippen LogP contribution in [0, 0.1) is 17.6 Å². The number of hydrogen-bond acceptors (Lipinski definition) is 3. The van der Waals surface area contributed by atoms with Gasteiger partial charge < -0.3 is 16.0 Å². The molecule has 2 rings (SSSR count). The molecule has 0 aliphatic carbocycles. The first-order valence-corrected chi connectivity index (χ1v) is 7.01. The Bertz CT molecular complexity index is 604. The van der Waals surface area contributed by atoms with E-state index in [0.717, 1.165) is 6.07 Å². The van der Waals surface area contributed by atoms with Crippen LogP contribution < -0.4 is 16.0 Å². The quantitative estimate of drug-likeness (QED) is 0.876. The maximum Gasteiger partial charge on any atom is 0.227 e. The van der Waals surface area contributed by atoms with Crippen LogP contribution in [0.15, 0.2) is 18.2 Å². The Labute approximate surface area is 127 Å². The van der Waals surface area contributed by atoms with E-state index in [2.05, 4.69) is 5.32 Å². The number of nitrogens with zero attached hydrogens (tertiary/aromatic N) is 1. The Morgan fingerprint density at radius 1 is 1.45 bits per heavy atom. The number of nitrogens with two attached hydrogens (primary N) is 1. The summed E-state index contributed by atoms with van der Waals surface area (Å²) in [4.78, 5) is 25.4. The highest BCUT2D eigenvalue weighted by molar-refractivity contribution is 6.00. The highest BCUT2D eigenvalue weighted by Crippen LogP contribution is 2.28. The van der Waals surface area contributed by atoms with Gasteiger partial charge in [0.2, 0.25) is 11.8 Å². The molecular weight excluding hydrogens is 292 g/mol. The smallest absolute Gasteiger partial charge is 0.227 e. The van der Waals surface area contributed by atoms with Crippen molar-refractivity contribution < 1.29 is 18.4 Å². The van der Waals surface area contributed by atoms with Crippen molar-refractivity contribution in [1.29, 1.82) is 0 Å². The minimum Gasteiger partial charge on any atom is -0.350 e. The van der Waals surface area contributed by atoms with Crippen molar-refractivity contribution >= 4 is 17.5 Å². The van der Waals surface area contributed by atoms with Gasteiger partial charge in [-0.25, -0.2) is 8.78 Å². The van der Waals surface area contributed by atoms with Crippen LogP contribution in [-0.2, 0) is 9.59 Å². The summed E-state index contributed by atoms with van der Waals surface area (Å²) in [7, 11) is 0. The molecular formula is C15H19F2N3O2. The van der Waals surface area contributed by atoms with Crippen molar-refractivity contribution in [1.82, 2.24) is 5.32 Å². The lowest BCUT2D eigenvalue weighted by atomic mass is 10.0. The first-order chi connectivity index (χ1) is 10.2. The molecule has 0 aromatic heterocycles. The van der Waals surface area contributed by atoms with E-state index in [4.69, 9.17) is 5.73 Å². The van der Waals surface area contributed by atoms with Gasteiger partial charge in [0.05, 0.1) is 11.6 Å². The Kier molecular flexibility index (Phi) is 4.46. The van der Waals surface area contributed by atoms with Gasteiger partial charge in [0.25, 0.3) is 0 Å². The second kappa shape index (κ2) is 6.00. The summed E-state index contributed by atoms with van der Waals surface area (Å²) in [6, 6.07) is 3.00. The van der Waals surface area contributed by atoms with Crippen LogP contribution in [0.5, 0.6) is 0 Å². The second-order valence-corrected chi connectivity index (χ2v) is 6.08. The number of halogens is 2. The summed E-state index contributed by atoms with van der Waals surface area (Å²) >= 11 is 0. The predicted molar refractivity (Wildman–Crippen MR) is 78.1 cm³/mol. The van der Waals surface area contributed by atoms with Crippen molar-refractivity contribution in [3.63, 3.8) is 0 Å². The molecule has 1 aromatic rings. The Balaban J connectivity index is 2.12. The van der Waals surface area contributed by atoms with E-state index in [9.17, 15) is 18.4 Å². The SMILES string of the molecule is CC(C)(CN)NC(=O)C1CC(=O)N(c2ccc(F)cc2F)C1. The van der Waals surface area contributed by atoms with Gasteiger partial charge in [0, 0.05) is 31.1 Å². The average molecular weight is 311 g/mol. The number of amides is 2. The Hall–Kier alpha value is -2.02. The second-order valence-electron chi connectivity index (χ2n) is 6.08. The van der Waals surface area contributed by atoms with Crippen molar-refractivity contribution in [3.8, 4) is 0 Å². The highest BCUT2D eigenvalue weighted by Gasteiger charge is 2.37. The third kappa shape index (κ3) is 3.41. The number of nitrogens with one attached hydrogen (secondary N) is 1. The zero-order valence-corrected chi connectivity index (χ0v) is 12.5. The average Bonchev–Trinajstić information content (AvgIpc) is 2.80. The van der Waals surface area contributed by atoms with Crippen LogP contribution in [0.3, 0.4) is 0 Å². The Morgan fingerprint density at radius 3 is 2.73 bits per heavy atom. The van der Waals surface area contributed by atoms with Crippen LogP contribution in [0.2, 0.25) is 0 Å². The van der Waals surface area contributed by atoms with Gasteiger partial charge in [-0.1, -0.05) is 0 Å². The van der Waals surface area contributed by atoms with Crippen LogP contribution in [0.1, 0.15) is 20.3 Å². The normalized spacial score (nSPS) is 18.7. The molecule has 22 heavy (non-hydrogen) atoms. The molecule has 1 aliphatic rings. The van der Waals surface area contributed by atoms with Crippen LogP contribution in [0.4, 0.5) is 14.5 Å². The molecule has 0 bridgehead atoms.